The van der Waals surface area contributed by atoms with E-state index in [0.717, 1.165) is 44.3 Å². The molecule has 0 N–H and O–H groups in total. The molecule has 0 aliphatic rings. The molecule has 0 atom stereocenters. The highest BCUT2D eigenvalue weighted by atomic mass is 35.5. The van der Waals surface area contributed by atoms with E-state index in [4.69, 9.17) is 21.0 Å². The molecule has 0 unspecified atom stereocenters. The van der Waals surface area contributed by atoms with E-state index in [1.165, 1.54) is 5.56 Å². The molecule has 6 rings (SSSR count). The Labute approximate surface area is 190 Å². The SMILES string of the molecule is Clc1cc(-c2ccc3c(c2)oc2cccc(-c4ccccc4)c23)nc(-c2ccccc2)n1. The Morgan fingerprint density at radius 1 is 0.594 bits per heavy atom. The molecule has 0 aliphatic heterocycles. The number of hydrogen-bond donors (Lipinski definition) is 0. The van der Waals surface area contributed by atoms with Gasteiger partial charge in [-0.25, -0.2) is 9.97 Å². The Morgan fingerprint density at radius 2 is 1.34 bits per heavy atom. The molecule has 2 heterocycles. The van der Waals surface area contributed by atoms with Crippen LogP contribution in [0.25, 0.3) is 55.7 Å². The number of halogens is 1. The average Bonchev–Trinajstić information content (AvgIpc) is 3.23. The summed E-state index contributed by atoms with van der Waals surface area (Å²) in [5.74, 6) is 0.601. The number of nitrogens with zero attached hydrogens (tertiary/aromatic N) is 2. The molecule has 4 heteroatoms. The quantitative estimate of drug-likeness (QED) is 0.266. The lowest BCUT2D eigenvalue weighted by Crippen LogP contribution is -1.93. The van der Waals surface area contributed by atoms with Gasteiger partial charge in [0.15, 0.2) is 5.82 Å². The first kappa shape index (κ1) is 18.8. The standard InChI is InChI=1S/C28H17ClN2O/c29-26-17-23(30-28(31-26)19-10-5-2-6-11-19)20-14-15-22-25(16-20)32-24-13-7-12-21(27(22)24)18-8-3-1-4-9-18/h1-17H. The van der Waals surface area contributed by atoms with E-state index in [-0.39, 0.29) is 0 Å². The molecule has 2 aromatic heterocycles. The van der Waals surface area contributed by atoms with Crippen molar-refractivity contribution in [2.45, 2.75) is 0 Å². The molecule has 32 heavy (non-hydrogen) atoms. The lowest BCUT2D eigenvalue weighted by Gasteiger charge is -2.06. The third kappa shape index (κ3) is 3.24. The minimum atomic E-state index is 0.407. The van der Waals surface area contributed by atoms with Gasteiger partial charge in [0.1, 0.15) is 16.3 Å². The van der Waals surface area contributed by atoms with Gasteiger partial charge >= 0.3 is 0 Å². The van der Waals surface area contributed by atoms with E-state index in [2.05, 4.69) is 47.4 Å². The Bertz CT molecular complexity index is 1570. The van der Waals surface area contributed by atoms with Gasteiger partial charge in [-0.2, -0.15) is 0 Å². The van der Waals surface area contributed by atoms with Crippen LogP contribution in [0.2, 0.25) is 5.15 Å². The van der Waals surface area contributed by atoms with Gasteiger partial charge in [0.05, 0.1) is 5.69 Å². The highest BCUT2D eigenvalue weighted by molar-refractivity contribution is 6.29. The monoisotopic (exact) mass is 432 g/mol. The van der Waals surface area contributed by atoms with E-state index >= 15 is 0 Å². The van der Waals surface area contributed by atoms with Crippen LogP contribution < -0.4 is 0 Å². The molecule has 0 aliphatic carbocycles. The minimum Gasteiger partial charge on any atom is -0.456 e. The summed E-state index contributed by atoms with van der Waals surface area (Å²) in [6.07, 6.45) is 0. The van der Waals surface area contributed by atoms with Gasteiger partial charge in [-0.3, -0.25) is 0 Å². The number of rotatable bonds is 3. The molecule has 0 saturated carbocycles. The van der Waals surface area contributed by atoms with Crippen molar-refractivity contribution < 1.29 is 4.42 Å². The normalized spacial score (nSPS) is 11.3. The van der Waals surface area contributed by atoms with Crippen molar-refractivity contribution in [1.29, 1.82) is 0 Å². The smallest absolute Gasteiger partial charge is 0.161 e. The van der Waals surface area contributed by atoms with E-state index in [0.29, 0.717) is 11.0 Å². The van der Waals surface area contributed by atoms with Crippen molar-refractivity contribution in [1.82, 2.24) is 9.97 Å². The number of aromatic nitrogens is 2. The Hall–Kier alpha value is -3.95. The Balaban J connectivity index is 1.52. The zero-order valence-corrected chi connectivity index (χ0v) is 17.8. The highest BCUT2D eigenvalue weighted by Gasteiger charge is 2.14. The second-order valence-electron chi connectivity index (χ2n) is 7.62. The summed E-state index contributed by atoms with van der Waals surface area (Å²) >= 11 is 6.35. The first-order valence-corrected chi connectivity index (χ1v) is 10.8. The fraction of sp³-hybridized carbons (Fsp3) is 0. The molecule has 0 radical (unpaired) electrons. The van der Waals surface area contributed by atoms with Crippen molar-refractivity contribution in [2.24, 2.45) is 0 Å². The van der Waals surface area contributed by atoms with Crippen molar-refractivity contribution in [3.8, 4) is 33.8 Å². The Morgan fingerprint density at radius 3 is 2.12 bits per heavy atom. The van der Waals surface area contributed by atoms with Gasteiger partial charge in [0, 0.05) is 28.0 Å². The average molecular weight is 433 g/mol. The van der Waals surface area contributed by atoms with Gasteiger partial charge in [0.2, 0.25) is 0 Å². The van der Waals surface area contributed by atoms with Gasteiger partial charge in [-0.15, -0.1) is 0 Å². The van der Waals surface area contributed by atoms with Crippen LogP contribution in [-0.4, -0.2) is 9.97 Å². The molecule has 0 saturated heterocycles. The van der Waals surface area contributed by atoms with Crippen LogP contribution in [0.4, 0.5) is 0 Å². The van der Waals surface area contributed by atoms with E-state index in [9.17, 15) is 0 Å². The molecular weight excluding hydrogens is 416 g/mol. The van der Waals surface area contributed by atoms with Gasteiger partial charge in [-0.1, -0.05) is 90.5 Å². The van der Waals surface area contributed by atoms with Crippen molar-refractivity contribution >= 4 is 33.5 Å². The van der Waals surface area contributed by atoms with E-state index < -0.39 is 0 Å². The van der Waals surface area contributed by atoms with Crippen molar-refractivity contribution in [3.63, 3.8) is 0 Å². The predicted molar refractivity (Wildman–Crippen MR) is 131 cm³/mol. The molecule has 0 bridgehead atoms. The largest absolute Gasteiger partial charge is 0.456 e. The van der Waals surface area contributed by atoms with Crippen LogP contribution in [0.15, 0.2) is 108 Å². The fourth-order valence-corrected chi connectivity index (χ4v) is 4.31. The van der Waals surface area contributed by atoms with Crippen LogP contribution in [0, 0.1) is 0 Å². The summed E-state index contributed by atoms with van der Waals surface area (Å²) in [5.41, 5.74) is 6.62. The highest BCUT2D eigenvalue weighted by Crippen LogP contribution is 2.38. The first-order valence-electron chi connectivity index (χ1n) is 10.4. The number of fused-ring (bicyclic) bond motifs is 3. The fourth-order valence-electron chi connectivity index (χ4n) is 4.13. The number of hydrogen-bond acceptors (Lipinski definition) is 3. The molecule has 4 aromatic carbocycles. The van der Waals surface area contributed by atoms with Gasteiger partial charge in [-0.05, 0) is 29.3 Å². The maximum atomic E-state index is 6.35. The first-order chi connectivity index (χ1) is 15.8. The predicted octanol–water partition coefficient (Wildman–Crippen LogP) is 8.03. The van der Waals surface area contributed by atoms with Gasteiger partial charge in [0.25, 0.3) is 0 Å². The third-order valence-corrected chi connectivity index (χ3v) is 5.80. The summed E-state index contributed by atoms with van der Waals surface area (Å²) in [5, 5.41) is 2.60. The third-order valence-electron chi connectivity index (χ3n) is 5.60. The van der Waals surface area contributed by atoms with Crippen LogP contribution in [0.5, 0.6) is 0 Å². The second kappa shape index (κ2) is 7.63. The van der Waals surface area contributed by atoms with E-state index in [1.54, 1.807) is 6.07 Å². The summed E-state index contributed by atoms with van der Waals surface area (Å²) in [6, 6.07) is 34.4. The lowest BCUT2D eigenvalue weighted by atomic mass is 9.99. The van der Waals surface area contributed by atoms with Crippen LogP contribution in [0.3, 0.4) is 0 Å². The molecular formula is C28H17ClN2O. The number of benzene rings is 4. The zero-order valence-electron chi connectivity index (χ0n) is 17.0. The topological polar surface area (TPSA) is 38.9 Å². The molecule has 0 spiro atoms. The maximum Gasteiger partial charge on any atom is 0.161 e. The molecule has 0 amide bonds. The van der Waals surface area contributed by atoms with E-state index in [1.807, 2.05) is 54.6 Å². The maximum absolute atomic E-state index is 6.35. The summed E-state index contributed by atoms with van der Waals surface area (Å²) < 4.78 is 6.25. The summed E-state index contributed by atoms with van der Waals surface area (Å²) in [7, 11) is 0. The van der Waals surface area contributed by atoms with Crippen LogP contribution in [-0.2, 0) is 0 Å². The van der Waals surface area contributed by atoms with Crippen LogP contribution in [0.1, 0.15) is 0 Å². The molecule has 0 fully saturated rings. The summed E-state index contributed by atoms with van der Waals surface area (Å²) in [6.45, 7) is 0. The number of furan rings is 1. The second-order valence-corrected chi connectivity index (χ2v) is 8.01. The molecule has 3 nitrogen and oxygen atoms in total. The van der Waals surface area contributed by atoms with Crippen LogP contribution >= 0.6 is 11.6 Å². The molecule has 152 valence electrons. The Kier molecular flexibility index (Phi) is 4.48. The molecule has 6 aromatic rings. The van der Waals surface area contributed by atoms with Gasteiger partial charge < -0.3 is 4.42 Å². The summed E-state index contributed by atoms with van der Waals surface area (Å²) in [4.78, 5) is 9.17. The zero-order chi connectivity index (χ0) is 21.5. The lowest BCUT2D eigenvalue weighted by molar-refractivity contribution is 0.669. The van der Waals surface area contributed by atoms with Crippen molar-refractivity contribution in [2.75, 3.05) is 0 Å². The van der Waals surface area contributed by atoms with Crippen molar-refractivity contribution in [3.05, 3.63) is 108 Å². The minimum absolute atomic E-state index is 0.407.